The van der Waals surface area contributed by atoms with Gasteiger partial charge in [0.15, 0.2) is 0 Å². The Hall–Kier alpha value is -3.04. The molecule has 1 atom stereocenters. The number of aromatic nitrogens is 3. The Morgan fingerprint density at radius 1 is 1.10 bits per heavy atom. The second-order valence-electron chi connectivity index (χ2n) is 7.03. The van der Waals surface area contributed by atoms with E-state index in [1.807, 2.05) is 44.2 Å². The average Bonchev–Trinajstić information content (AvgIpc) is 3.15. The van der Waals surface area contributed by atoms with Crippen LogP contribution in [-0.2, 0) is 21.4 Å². The predicted octanol–water partition coefficient (Wildman–Crippen LogP) is 2.11. The minimum atomic E-state index is -3.78. The molecule has 29 heavy (non-hydrogen) atoms. The second kappa shape index (κ2) is 8.54. The van der Waals surface area contributed by atoms with Gasteiger partial charge in [-0.1, -0.05) is 61.5 Å². The predicted molar refractivity (Wildman–Crippen MR) is 109 cm³/mol. The van der Waals surface area contributed by atoms with Crippen molar-refractivity contribution in [2.45, 2.75) is 31.3 Å². The largest absolute Gasteiger partial charge is 0.350 e. The van der Waals surface area contributed by atoms with Gasteiger partial charge in [0.25, 0.3) is 0 Å². The molecule has 0 aliphatic carbocycles. The number of hydrogen-bond donors (Lipinski definition) is 2. The fraction of sp³-hybridized carbons (Fsp3) is 0.250. The van der Waals surface area contributed by atoms with Gasteiger partial charge >= 0.3 is 0 Å². The summed E-state index contributed by atoms with van der Waals surface area (Å²) in [5, 5.41) is 16.2. The van der Waals surface area contributed by atoms with Gasteiger partial charge in [0.1, 0.15) is 6.04 Å². The van der Waals surface area contributed by atoms with Crippen LogP contribution < -0.4 is 10.5 Å². The molecular weight excluding hydrogens is 390 g/mol. The van der Waals surface area contributed by atoms with Crippen LogP contribution in [-0.4, -0.2) is 29.3 Å². The van der Waals surface area contributed by atoms with Crippen LogP contribution in [0, 0.1) is 5.92 Å². The highest BCUT2D eigenvalue weighted by Crippen LogP contribution is 2.26. The van der Waals surface area contributed by atoms with Gasteiger partial charge in [-0.15, -0.1) is 5.10 Å². The number of sulfonamides is 1. The minimum Gasteiger partial charge on any atom is -0.350 e. The highest BCUT2D eigenvalue weighted by molar-refractivity contribution is 7.89. The number of nitrogens with two attached hydrogens (primary N) is 1. The van der Waals surface area contributed by atoms with Crippen LogP contribution in [0.2, 0.25) is 0 Å². The molecule has 1 heterocycles. The fourth-order valence-electron chi connectivity index (χ4n) is 3.06. The summed E-state index contributed by atoms with van der Waals surface area (Å²) < 4.78 is 24.5. The van der Waals surface area contributed by atoms with E-state index < -0.39 is 16.1 Å². The third-order valence-electron chi connectivity index (χ3n) is 4.53. The molecule has 0 radical (unpaired) electrons. The van der Waals surface area contributed by atoms with E-state index in [-0.39, 0.29) is 16.7 Å². The number of carbonyl (C=O) groups excluding carboxylic acids is 1. The number of hydrogen-bond acceptors (Lipinski definition) is 5. The first-order valence-corrected chi connectivity index (χ1v) is 10.7. The van der Waals surface area contributed by atoms with Gasteiger partial charge in [-0.05, 0) is 23.6 Å². The summed E-state index contributed by atoms with van der Waals surface area (Å²) in [5.41, 5.74) is 2.30. The third-order valence-corrected chi connectivity index (χ3v) is 5.46. The number of primary sulfonamides is 1. The van der Waals surface area contributed by atoms with Gasteiger partial charge in [-0.2, -0.15) is 0 Å². The van der Waals surface area contributed by atoms with Gasteiger partial charge in [0.2, 0.25) is 15.9 Å². The van der Waals surface area contributed by atoms with Crippen molar-refractivity contribution in [2.24, 2.45) is 11.1 Å². The van der Waals surface area contributed by atoms with Crippen LogP contribution in [0.3, 0.4) is 0 Å². The maximum atomic E-state index is 12.9. The molecule has 3 N–H and O–H groups in total. The Balaban J connectivity index is 1.86. The molecule has 0 saturated carbocycles. The van der Waals surface area contributed by atoms with E-state index in [1.54, 1.807) is 23.0 Å². The molecule has 0 bridgehead atoms. The summed E-state index contributed by atoms with van der Waals surface area (Å²) in [6, 6.07) is 15.1. The number of benzene rings is 2. The van der Waals surface area contributed by atoms with Crippen LogP contribution in [0.15, 0.2) is 65.7 Å². The van der Waals surface area contributed by atoms with Crippen molar-refractivity contribution in [2.75, 3.05) is 0 Å². The summed E-state index contributed by atoms with van der Waals surface area (Å²) in [4.78, 5) is 12.9. The van der Waals surface area contributed by atoms with Crippen molar-refractivity contribution in [1.82, 2.24) is 20.3 Å². The monoisotopic (exact) mass is 413 g/mol. The van der Waals surface area contributed by atoms with E-state index >= 15 is 0 Å². The van der Waals surface area contributed by atoms with Crippen molar-refractivity contribution in [1.29, 1.82) is 0 Å². The number of amides is 1. The topological polar surface area (TPSA) is 120 Å². The first-order chi connectivity index (χ1) is 13.8. The zero-order valence-corrected chi connectivity index (χ0v) is 17.0. The molecule has 0 aliphatic rings. The molecule has 0 saturated heterocycles. The molecule has 3 rings (SSSR count). The van der Waals surface area contributed by atoms with Crippen LogP contribution >= 0.6 is 0 Å². The molecule has 152 valence electrons. The summed E-state index contributed by atoms with van der Waals surface area (Å²) in [6.45, 7) is 4.28. The van der Waals surface area contributed by atoms with E-state index in [4.69, 9.17) is 5.14 Å². The summed E-state index contributed by atoms with van der Waals surface area (Å²) in [5.74, 6) is -0.216. The Bertz CT molecular complexity index is 1080. The van der Waals surface area contributed by atoms with Gasteiger partial charge in [0.05, 0.1) is 16.8 Å². The van der Waals surface area contributed by atoms with E-state index in [0.29, 0.717) is 17.8 Å². The number of carbonyl (C=O) groups is 1. The van der Waals surface area contributed by atoms with Crippen molar-refractivity contribution in [3.8, 4) is 11.3 Å². The Kier molecular flexibility index (Phi) is 6.09. The lowest BCUT2D eigenvalue weighted by Crippen LogP contribution is -2.36. The van der Waals surface area contributed by atoms with Crippen molar-refractivity contribution >= 4 is 15.9 Å². The van der Waals surface area contributed by atoms with Gasteiger partial charge in [-0.3, -0.25) is 4.79 Å². The van der Waals surface area contributed by atoms with Crippen molar-refractivity contribution in [3.63, 3.8) is 0 Å². The highest BCUT2D eigenvalue weighted by atomic mass is 32.2. The molecule has 1 amide bonds. The molecule has 0 aliphatic heterocycles. The summed E-state index contributed by atoms with van der Waals surface area (Å²) in [7, 11) is -3.78. The van der Waals surface area contributed by atoms with Crippen LogP contribution in [0.4, 0.5) is 0 Å². The van der Waals surface area contributed by atoms with Gasteiger partial charge in [0, 0.05) is 12.1 Å². The second-order valence-corrected chi connectivity index (χ2v) is 8.59. The van der Waals surface area contributed by atoms with E-state index in [1.165, 1.54) is 12.1 Å². The normalized spacial score (nSPS) is 12.7. The quantitative estimate of drug-likeness (QED) is 0.615. The Morgan fingerprint density at radius 3 is 2.34 bits per heavy atom. The molecule has 8 nitrogen and oxygen atoms in total. The maximum absolute atomic E-state index is 12.9. The number of nitrogens with one attached hydrogen (secondary N) is 1. The molecule has 9 heteroatoms. The first kappa shape index (κ1) is 20.7. The molecule has 2 aromatic carbocycles. The minimum absolute atomic E-state index is 0.0151. The average molecular weight is 414 g/mol. The smallest absolute Gasteiger partial charge is 0.245 e. The molecule has 0 unspecified atom stereocenters. The lowest BCUT2D eigenvalue weighted by atomic mass is 10.0. The van der Waals surface area contributed by atoms with E-state index in [2.05, 4.69) is 15.6 Å². The SMILES string of the molecule is CC(C)[C@@H](C(=O)NCc1ccccc1)n1nncc1-c1ccc(S(N)(=O)=O)cc1. The van der Waals surface area contributed by atoms with Crippen LogP contribution in [0.5, 0.6) is 0 Å². The van der Waals surface area contributed by atoms with Crippen LogP contribution in [0.25, 0.3) is 11.3 Å². The van der Waals surface area contributed by atoms with Crippen LogP contribution in [0.1, 0.15) is 25.5 Å². The zero-order chi connectivity index (χ0) is 21.0. The summed E-state index contributed by atoms with van der Waals surface area (Å²) in [6.07, 6.45) is 1.55. The standard InChI is InChI=1S/C20H23N5O3S/c1-14(2)19(20(26)22-12-15-6-4-3-5-7-15)25-18(13-23-24-25)16-8-10-17(11-9-16)29(21,27)28/h3-11,13-14,19H,12H2,1-2H3,(H,22,26)(H2,21,27,28)/t19-/m0/s1. The fourth-order valence-corrected chi connectivity index (χ4v) is 3.57. The highest BCUT2D eigenvalue weighted by Gasteiger charge is 2.27. The maximum Gasteiger partial charge on any atom is 0.245 e. The van der Waals surface area contributed by atoms with E-state index in [0.717, 1.165) is 5.56 Å². The van der Waals surface area contributed by atoms with Gasteiger partial charge < -0.3 is 5.32 Å². The third kappa shape index (κ3) is 4.87. The van der Waals surface area contributed by atoms with E-state index in [9.17, 15) is 13.2 Å². The lowest BCUT2D eigenvalue weighted by molar-refractivity contribution is -0.126. The summed E-state index contributed by atoms with van der Waals surface area (Å²) >= 11 is 0. The number of nitrogens with zero attached hydrogens (tertiary/aromatic N) is 3. The van der Waals surface area contributed by atoms with Crippen molar-refractivity contribution in [3.05, 3.63) is 66.4 Å². The molecule has 0 fully saturated rings. The molecule has 0 spiro atoms. The lowest BCUT2D eigenvalue weighted by Gasteiger charge is -2.22. The molecule has 1 aromatic heterocycles. The number of rotatable bonds is 7. The zero-order valence-electron chi connectivity index (χ0n) is 16.2. The Morgan fingerprint density at radius 2 is 1.76 bits per heavy atom. The first-order valence-electron chi connectivity index (χ1n) is 9.12. The Labute approximate surface area is 169 Å². The van der Waals surface area contributed by atoms with Crippen molar-refractivity contribution < 1.29 is 13.2 Å². The molecule has 3 aromatic rings. The van der Waals surface area contributed by atoms with Gasteiger partial charge in [-0.25, -0.2) is 18.2 Å². The molecular formula is C20H23N5O3S.